The van der Waals surface area contributed by atoms with Crippen LogP contribution in [0.3, 0.4) is 0 Å². The lowest BCUT2D eigenvalue weighted by Gasteiger charge is -2.31. The van der Waals surface area contributed by atoms with Gasteiger partial charge in [-0.15, -0.1) is 11.3 Å². The molecule has 3 aliphatic carbocycles. The molecule has 2 aromatic rings. The molecule has 6 heteroatoms. The minimum Gasteiger partial charge on any atom is -0.362 e. The van der Waals surface area contributed by atoms with Gasteiger partial charge in [0.25, 0.3) is 5.91 Å². The molecule has 37 heavy (non-hydrogen) atoms. The normalized spacial score (nSPS) is 18.9. The Kier molecular flexibility index (Phi) is 8.45. The third kappa shape index (κ3) is 7.08. The van der Waals surface area contributed by atoms with Gasteiger partial charge in [-0.1, -0.05) is 56.4 Å². The number of rotatable bonds is 12. The van der Waals surface area contributed by atoms with E-state index < -0.39 is 0 Å². The molecule has 1 heterocycles. The zero-order chi connectivity index (χ0) is 25.9. The van der Waals surface area contributed by atoms with E-state index in [2.05, 4.69) is 54.4 Å². The smallest absolute Gasteiger partial charge is 0.252 e. The molecule has 1 aromatic carbocycles. The lowest BCUT2D eigenvalue weighted by Crippen LogP contribution is -2.34. The molecular formula is C31H40N2O2S2. The van der Waals surface area contributed by atoms with Crippen LogP contribution in [0.4, 0.5) is 0 Å². The number of carbonyl (C=O) groups is 2. The van der Waals surface area contributed by atoms with Crippen molar-refractivity contribution in [3.05, 3.63) is 56.8 Å². The topological polar surface area (TPSA) is 49.4 Å². The van der Waals surface area contributed by atoms with Crippen molar-refractivity contribution >= 4 is 40.2 Å². The molecule has 4 nitrogen and oxygen atoms in total. The quantitative estimate of drug-likeness (QED) is 0.319. The standard InChI is InChI=1S/C31H40N2O2S2/c1-20(2)18-33(19-22-6-4-3-5-7-22)29(36)15-23-10-13-27-25(14-23)30(31(35)32-17-21-8-9-21)28(37-27)16-26(34)24-11-12-24/h3-7,20-21,23-24H,8-19H2,1-2H3,(H,32,35)/t23-/m1/s1. The Morgan fingerprint density at radius 1 is 1.08 bits per heavy atom. The highest BCUT2D eigenvalue weighted by atomic mass is 32.1. The summed E-state index contributed by atoms with van der Waals surface area (Å²) >= 11 is 7.76. The van der Waals surface area contributed by atoms with Crippen molar-refractivity contribution in [2.24, 2.45) is 23.7 Å². The molecule has 2 saturated carbocycles. The number of aryl methyl sites for hydroxylation is 1. The fourth-order valence-corrected chi connectivity index (χ4v) is 7.24. The summed E-state index contributed by atoms with van der Waals surface area (Å²) in [7, 11) is 0. The van der Waals surface area contributed by atoms with Crippen LogP contribution in [0, 0.1) is 23.7 Å². The molecule has 1 N–H and O–H groups in total. The van der Waals surface area contributed by atoms with E-state index in [-0.39, 0.29) is 11.8 Å². The Morgan fingerprint density at radius 2 is 1.84 bits per heavy atom. The van der Waals surface area contributed by atoms with Crippen molar-refractivity contribution in [2.75, 3.05) is 13.1 Å². The summed E-state index contributed by atoms with van der Waals surface area (Å²) < 4.78 is 0. The average Bonchev–Trinajstić information content (AvgIpc) is 3.79. The van der Waals surface area contributed by atoms with Crippen LogP contribution in [-0.4, -0.2) is 34.7 Å². The van der Waals surface area contributed by atoms with E-state index in [0.717, 1.165) is 73.6 Å². The van der Waals surface area contributed by atoms with E-state index in [9.17, 15) is 9.59 Å². The number of ketones is 1. The van der Waals surface area contributed by atoms with Gasteiger partial charge < -0.3 is 10.2 Å². The first-order valence-corrected chi connectivity index (χ1v) is 15.4. The molecule has 5 rings (SSSR count). The summed E-state index contributed by atoms with van der Waals surface area (Å²) in [4.78, 5) is 31.9. The molecule has 1 atom stereocenters. The maximum absolute atomic E-state index is 13.4. The molecule has 0 saturated heterocycles. The number of nitrogens with one attached hydrogen (secondary N) is 1. The van der Waals surface area contributed by atoms with Crippen LogP contribution >= 0.6 is 23.6 Å². The van der Waals surface area contributed by atoms with Gasteiger partial charge in [-0.3, -0.25) is 9.59 Å². The fraction of sp³-hybridized carbons (Fsp3) is 0.581. The number of Topliss-reactive ketones (excluding diaryl/α,β-unsaturated/α-hetero) is 1. The van der Waals surface area contributed by atoms with E-state index in [1.807, 2.05) is 0 Å². The highest BCUT2D eigenvalue weighted by Gasteiger charge is 2.34. The van der Waals surface area contributed by atoms with Crippen molar-refractivity contribution in [3.63, 3.8) is 0 Å². The number of nitrogens with zero attached hydrogens (tertiary/aromatic N) is 1. The van der Waals surface area contributed by atoms with E-state index in [0.29, 0.717) is 30.0 Å². The fourth-order valence-electron chi connectivity index (χ4n) is 5.51. The van der Waals surface area contributed by atoms with Gasteiger partial charge in [0, 0.05) is 48.1 Å². The molecule has 0 bridgehead atoms. The number of hydrogen-bond acceptors (Lipinski definition) is 4. The average molecular weight is 537 g/mol. The molecule has 0 unspecified atom stereocenters. The SMILES string of the molecule is CC(C)CN(Cc1ccccc1)C(=S)C[C@@H]1CCc2sc(CC(=O)C3CC3)c(C(=O)NCC3CC3)c2C1. The third-order valence-electron chi connectivity index (χ3n) is 7.90. The number of thiophene rings is 1. The monoisotopic (exact) mass is 536 g/mol. The molecule has 0 spiro atoms. The van der Waals surface area contributed by atoms with Crippen LogP contribution in [0.5, 0.6) is 0 Å². The minimum absolute atomic E-state index is 0.0386. The summed E-state index contributed by atoms with van der Waals surface area (Å²) in [5, 5.41) is 3.20. The van der Waals surface area contributed by atoms with Crippen LogP contribution in [0.2, 0.25) is 0 Å². The van der Waals surface area contributed by atoms with Crippen LogP contribution in [0.1, 0.15) is 83.6 Å². The van der Waals surface area contributed by atoms with Crippen molar-refractivity contribution < 1.29 is 9.59 Å². The number of benzene rings is 1. The summed E-state index contributed by atoms with van der Waals surface area (Å²) in [6.07, 6.45) is 8.72. The van der Waals surface area contributed by atoms with Gasteiger partial charge in [0.1, 0.15) is 5.78 Å². The summed E-state index contributed by atoms with van der Waals surface area (Å²) in [5.41, 5.74) is 3.32. The Labute approximate surface area is 231 Å². The van der Waals surface area contributed by atoms with Gasteiger partial charge in [-0.2, -0.15) is 0 Å². The van der Waals surface area contributed by atoms with Crippen LogP contribution in [-0.2, 0) is 30.6 Å². The molecule has 3 aliphatic rings. The predicted molar refractivity (Wildman–Crippen MR) is 155 cm³/mol. The van der Waals surface area contributed by atoms with Gasteiger partial charge in [0.2, 0.25) is 0 Å². The zero-order valence-corrected chi connectivity index (χ0v) is 23.9. The summed E-state index contributed by atoms with van der Waals surface area (Å²) in [5.74, 6) is 2.18. The Hall–Kier alpha value is -2.05. The molecule has 2 fully saturated rings. The predicted octanol–water partition coefficient (Wildman–Crippen LogP) is 6.39. The van der Waals surface area contributed by atoms with Gasteiger partial charge in [0.05, 0.1) is 10.6 Å². The number of thiocarbonyl (C=S) groups is 1. The second-order valence-corrected chi connectivity index (χ2v) is 13.5. The third-order valence-corrected chi connectivity index (χ3v) is 9.61. The second kappa shape index (κ2) is 11.8. The first-order valence-electron chi connectivity index (χ1n) is 14.1. The highest BCUT2D eigenvalue weighted by molar-refractivity contribution is 7.80. The van der Waals surface area contributed by atoms with Crippen molar-refractivity contribution in [1.82, 2.24) is 10.2 Å². The van der Waals surface area contributed by atoms with Crippen LogP contribution in [0.25, 0.3) is 0 Å². The van der Waals surface area contributed by atoms with E-state index in [1.54, 1.807) is 11.3 Å². The van der Waals surface area contributed by atoms with Crippen molar-refractivity contribution in [2.45, 2.75) is 78.2 Å². The largest absolute Gasteiger partial charge is 0.362 e. The lowest BCUT2D eigenvalue weighted by atomic mass is 9.83. The van der Waals surface area contributed by atoms with Crippen molar-refractivity contribution in [1.29, 1.82) is 0 Å². The number of carbonyl (C=O) groups excluding carboxylic acids is 2. The lowest BCUT2D eigenvalue weighted by molar-refractivity contribution is -0.119. The molecule has 0 radical (unpaired) electrons. The Bertz CT molecular complexity index is 1130. The van der Waals surface area contributed by atoms with Gasteiger partial charge in [-0.05, 0) is 73.8 Å². The number of amides is 1. The van der Waals surface area contributed by atoms with Gasteiger partial charge in [-0.25, -0.2) is 0 Å². The molecule has 198 valence electrons. The zero-order valence-electron chi connectivity index (χ0n) is 22.3. The second-order valence-electron chi connectivity index (χ2n) is 11.8. The Morgan fingerprint density at radius 3 is 2.51 bits per heavy atom. The first-order chi connectivity index (χ1) is 17.9. The van der Waals surface area contributed by atoms with Gasteiger partial charge in [0.15, 0.2) is 0 Å². The molecule has 1 aromatic heterocycles. The van der Waals surface area contributed by atoms with Crippen LogP contribution in [0.15, 0.2) is 30.3 Å². The minimum atomic E-state index is 0.0386. The van der Waals surface area contributed by atoms with E-state index in [4.69, 9.17) is 12.2 Å². The number of hydrogen-bond donors (Lipinski definition) is 1. The van der Waals surface area contributed by atoms with E-state index >= 15 is 0 Å². The van der Waals surface area contributed by atoms with E-state index in [1.165, 1.54) is 28.8 Å². The number of fused-ring (bicyclic) bond motifs is 1. The van der Waals surface area contributed by atoms with Gasteiger partial charge >= 0.3 is 0 Å². The van der Waals surface area contributed by atoms with Crippen LogP contribution < -0.4 is 5.32 Å². The Balaban J connectivity index is 1.31. The highest BCUT2D eigenvalue weighted by Crippen LogP contribution is 2.40. The molecular weight excluding hydrogens is 496 g/mol. The summed E-state index contributed by atoms with van der Waals surface area (Å²) in [6.45, 7) is 7.05. The molecule has 1 amide bonds. The maximum atomic E-state index is 13.4. The van der Waals surface area contributed by atoms with Crippen molar-refractivity contribution in [3.8, 4) is 0 Å². The first kappa shape index (κ1) is 26.6. The molecule has 0 aliphatic heterocycles. The summed E-state index contributed by atoms with van der Waals surface area (Å²) in [6, 6.07) is 10.6. The maximum Gasteiger partial charge on any atom is 0.252 e.